The van der Waals surface area contributed by atoms with Crippen LogP contribution < -0.4 is 24.8 Å². The third kappa shape index (κ3) is 4.94. The number of fused-ring (bicyclic) bond motifs is 4. The van der Waals surface area contributed by atoms with E-state index in [4.69, 9.17) is 0 Å². The van der Waals surface area contributed by atoms with E-state index < -0.39 is 23.2 Å². The summed E-state index contributed by atoms with van der Waals surface area (Å²) in [5.74, 6) is 0. The number of rotatable bonds is 2. The number of hydrogen-bond acceptors (Lipinski definition) is 0. The summed E-state index contributed by atoms with van der Waals surface area (Å²) < 4.78 is 1.37. The topological polar surface area (TPSA) is 0 Å². The molecule has 2 unspecified atom stereocenters. The van der Waals surface area contributed by atoms with Gasteiger partial charge in [0, 0.05) is 0 Å². The van der Waals surface area contributed by atoms with Gasteiger partial charge in [0.1, 0.15) is 0 Å². The van der Waals surface area contributed by atoms with Gasteiger partial charge < -0.3 is 24.8 Å². The second kappa shape index (κ2) is 9.99. The average Bonchev–Trinajstić information content (AvgIpc) is 3.28. The van der Waals surface area contributed by atoms with Crippen molar-refractivity contribution >= 4 is 12.2 Å². The van der Waals surface area contributed by atoms with Crippen molar-refractivity contribution < 1.29 is 48.0 Å². The molecule has 0 heterocycles. The smallest absolute Gasteiger partial charge is 1.00 e. The minimum atomic E-state index is -0.831. The summed E-state index contributed by atoms with van der Waals surface area (Å²) in [7, 11) is 0. The Kier molecular flexibility index (Phi) is 8.02. The predicted molar refractivity (Wildman–Crippen MR) is 156 cm³/mol. The van der Waals surface area contributed by atoms with Crippen LogP contribution in [0.3, 0.4) is 0 Å². The Bertz CT molecular complexity index is 1280. The summed E-state index contributed by atoms with van der Waals surface area (Å²) in [4.78, 5) is 0. The number of halogens is 2. The zero-order valence-electron chi connectivity index (χ0n) is 25.7. The first-order chi connectivity index (χ1) is 17.1. The fourth-order valence-corrected chi connectivity index (χ4v) is 12.4. The van der Waals surface area contributed by atoms with Crippen LogP contribution in [0.4, 0.5) is 0 Å². The molecule has 0 amide bonds. The molecule has 0 nitrogen and oxygen atoms in total. The molecular weight excluding hydrogens is 595 g/mol. The summed E-state index contributed by atoms with van der Waals surface area (Å²) in [6.45, 7) is 24.6. The van der Waals surface area contributed by atoms with E-state index in [2.05, 4.69) is 106 Å². The molecule has 2 aromatic rings. The first-order valence-corrected chi connectivity index (χ1v) is 17.4. The first-order valence-electron chi connectivity index (χ1n) is 14.6. The van der Waals surface area contributed by atoms with E-state index in [1.54, 1.807) is 44.5 Å². The number of allylic oxidation sites excluding steroid dienone is 2. The van der Waals surface area contributed by atoms with Crippen LogP contribution in [0.2, 0.25) is 0 Å². The van der Waals surface area contributed by atoms with E-state index in [9.17, 15) is 0 Å². The van der Waals surface area contributed by atoms with E-state index >= 15 is 0 Å². The summed E-state index contributed by atoms with van der Waals surface area (Å²) in [6.07, 6.45) is 10.2. The molecule has 0 radical (unpaired) electrons. The molecule has 0 aromatic heterocycles. The van der Waals surface area contributed by atoms with Crippen LogP contribution in [0, 0.1) is 0 Å². The van der Waals surface area contributed by atoms with E-state index in [1.807, 2.05) is 0 Å². The van der Waals surface area contributed by atoms with Gasteiger partial charge in [0.05, 0.1) is 0 Å². The van der Waals surface area contributed by atoms with Gasteiger partial charge in [-0.3, -0.25) is 0 Å². The minimum absolute atomic E-state index is 0. The van der Waals surface area contributed by atoms with Crippen LogP contribution in [0.5, 0.6) is 0 Å². The largest absolute Gasteiger partial charge is 1.00 e. The fraction of sp³-hybridized carbons (Fsp3) is 0.556. The maximum absolute atomic E-state index is 2.68. The van der Waals surface area contributed by atoms with Gasteiger partial charge >= 0.3 is 239 Å². The van der Waals surface area contributed by atoms with E-state index in [0.29, 0.717) is 7.25 Å². The molecule has 208 valence electrons. The Morgan fingerprint density at radius 1 is 0.513 bits per heavy atom. The molecule has 0 spiro atoms. The molecule has 0 N–H and O–H groups in total. The van der Waals surface area contributed by atoms with Crippen molar-refractivity contribution in [2.45, 2.75) is 124 Å². The monoisotopic (exact) mass is 638 g/mol. The molecule has 0 aliphatic heterocycles. The molecule has 2 aromatic carbocycles. The third-order valence-corrected chi connectivity index (χ3v) is 16.2. The summed E-state index contributed by atoms with van der Waals surface area (Å²) >= 11 is -0.831. The molecule has 4 aliphatic carbocycles. The molecule has 3 heteroatoms. The van der Waals surface area contributed by atoms with Crippen molar-refractivity contribution in [3.8, 4) is 0 Å². The summed E-state index contributed by atoms with van der Waals surface area (Å²) in [6, 6.07) is 10.6. The van der Waals surface area contributed by atoms with Crippen LogP contribution in [-0.4, -0.2) is 0 Å². The van der Waals surface area contributed by atoms with E-state index in [-0.39, 0.29) is 46.5 Å². The Hall–Kier alpha value is -0.617. The van der Waals surface area contributed by atoms with Crippen molar-refractivity contribution in [2.24, 2.45) is 0 Å². The first kappa shape index (κ1) is 31.3. The molecule has 0 fully saturated rings. The average molecular weight is 641 g/mol. The zero-order chi connectivity index (χ0) is 26.7. The van der Waals surface area contributed by atoms with E-state index in [0.717, 1.165) is 0 Å². The Labute approximate surface area is 262 Å². The van der Waals surface area contributed by atoms with Crippen molar-refractivity contribution in [3.05, 3.63) is 79.9 Å². The van der Waals surface area contributed by atoms with Gasteiger partial charge in [0.15, 0.2) is 0 Å². The number of hydrogen-bond donors (Lipinski definition) is 0. The van der Waals surface area contributed by atoms with Gasteiger partial charge in [-0.05, 0) is 0 Å². The zero-order valence-corrected chi connectivity index (χ0v) is 29.7. The predicted octanol–water partition coefficient (Wildman–Crippen LogP) is 4.09. The standard InChI is InChI=1S/2C18H23.2ClH.Zr/c2*1-12-8-13-10-15-16(11-14(13)9-12)18(4,5)7-6-17(15,2)3;;;/h2*8-11H,6-7H2,1-5H3;2*1H;/q;;;;+2/p-2. The van der Waals surface area contributed by atoms with Crippen LogP contribution >= 0.6 is 0 Å². The minimum Gasteiger partial charge on any atom is -1.00 e. The quantitative estimate of drug-likeness (QED) is 0.464. The molecule has 4 aliphatic rings. The maximum Gasteiger partial charge on any atom is -1.00 e. The van der Waals surface area contributed by atoms with Gasteiger partial charge in [0.25, 0.3) is 0 Å². The molecule has 0 saturated carbocycles. The van der Waals surface area contributed by atoms with Crippen molar-refractivity contribution in [2.75, 3.05) is 0 Å². The Morgan fingerprint density at radius 3 is 1.10 bits per heavy atom. The molecule has 2 atom stereocenters. The van der Waals surface area contributed by atoms with Gasteiger partial charge in [-0.25, -0.2) is 0 Å². The van der Waals surface area contributed by atoms with Crippen LogP contribution in [0.25, 0.3) is 12.2 Å². The summed E-state index contributed by atoms with van der Waals surface area (Å²) in [5, 5.41) is 0. The van der Waals surface area contributed by atoms with Gasteiger partial charge in [-0.15, -0.1) is 0 Å². The van der Waals surface area contributed by atoms with Crippen molar-refractivity contribution in [3.63, 3.8) is 0 Å². The maximum atomic E-state index is 2.68. The van der Waals surface area contributed by atoms with Crippen LogP contribution in [0.15, 0.2) is 35.4 Å². The summed E-state index contributed by atoms with van der Waals surface area (Å²) in [5.41, 5.74) is 17.2. The molecule has 0 bridgehead atoms. The van der Waals surface area contributed by atoms with Crippen LogP contribution in [-0.2, 0) is 44.9 Å². The molecule has 6 rings (SSSR count). The van der Waals surface area contributed by atoms with Crippen LogP contribution in [0.1, 0.15) is 147 Å². The molecular formula is C36H46Cl2Zr. The Morgan fingerprint density at radius 2 is 0.795 bits per heavy atom. The fourth-order valence-electron chi connectivity index (χ4n) is 7.80. The van der Waals surface area contributed by atoms with E-state index in [1.165, 1.54) is 36.8 Å². The molecule has 0 saturated heterocycles. The molecule has 39 heavy (non-hydrogen) atoms. The Balaban J connectivity index is 0.00000176. The SMILES string of the molecule is CC1=Cc2cc3c(cc2[CH]1[Zr+2][CH]1C(C)=Cc2cc4c(cc21)C(C)(C)CCC4(C)C)C(C)(C)CCC3(C)C.[Cl-].[Cl-]. The number of benzene rings is 2. The van der Waals surface area contributed by atoms with Gasteiger partial charge in [0.2, 0.25) is 0 Å². The van der Waals surface area contributed by atoms with Gasteiger partial charge in [-0.1, -0.05) is 0 Å². The van der Waals surface area contributed by atoms with Crippen molar-refractivity contribution in [1.29, 1.82) is 0 Å². The third-order valence-electron chi connectivity index (χ3n) is 10.7. The van der Waals surface area contributed by atoms with Gasteiger partial charge in [-0.2, -0.15) is 0 Å². The second-order valence-corrected chi connectivity index (χ2v) is 19.1. The normalized spacial score (nSPS) is 25.9. The second-order valence-electron chi connectivity index (χ2n) is 15.4. The van der Waals surface area contributed by atoms with Crippen molar-refractivity contribution in [1.82, 2.24) is 0 Å².